The molecule has 0 saturated carbocycles. The van der Waals surface area contributed by atoms with Crippen molar-refractivity contribution in [3.8, 4) is 0 Å². The minimum Gasteiger partial charge on any atom is -0.387 e. The van der Waals surface area contributed by atoms with Gasteiger partial charge in [0.25, 0.3) is 0 Å². The Morgan fingerprint density at radius 3 is 2.81 bits per heavy atom. The Labute approximate surface area is 154 Å². The zero-order chi connectivity index (χ0) is 18.2. The van der Waals surface area contributed by atoms with Crippen LogP contribution in [0.3, 0.4) is 0 Å². The zero-order valence-corrected chi connectivity index (χ0v) is 14.9. The van der Waals surface area contributed by atoms with Gasteiger partial charge in [-0.2, -0.15) is 0 Å². The summed E-state index contributed by atoms with van der Waals surface area (Å²) in [5.41, 5.74) is 2.01. The summed E-state index contributed by atoms with van der Waals surface area (Å²) in [5.74, 6) is 0. The van der Waals surface area contributed by atoms with Gasteiger partial charge in [0.2, 0.25) is 0 Å². The molecule has 1 atom stereocenters. The maximum Gasteiger partial charge on any atom is 0.319 e. The highest BCUT2D eigenvalue weighted by atomic mass is 16.3. The lowest BCUT2D eigenvalue weighted by atomic mass is 9.94. The van der Waals surface area contributed by atoms with E-state index in [-0.39, 0.29) is 12.6 Å². The standard InChI is InChI=1S/C20H26N4O2/c25-19(23-15-20(26)11-5-12-21-14-20)24-18-8-2-1-6-16(18)9-10-17-7-3-4-13-22-17/h1-4,6-8,13,21,26H,5,9-12,14-15H2,(H2,23,24,25)/t20-/m1/s1. The van der Waals surface area contributed by atoms with Crippen LogP contribution in [-0.2, 0) is 12.8 Å². The molecule has 1 aliphatic rings. The molecular weight excluding hydrogens is 328 g/mol. The van der Waals surface area contributed by atoms with Crippen molar-refractivity contribution >= 4 is 11.7 Å². The average molecular weight is 354 g/mol. The van der Waals surface area contributed by atoms with Crippen molar-refractivity contribution in [3.63, 3.8) is 0 Å². The predicted octanol–water partition coefficient (Wildman–Crippen LogP) is 2.10. The van der Waals surface area contributed by atoms with Crippen LogP contribution in [0.2, 0.25) is 0 Å². The van der Waals surface area contributed by atoms with Crippen LogP contribution in [0.1, 0.15) is 24.1 Å². The Morgan fingerprint density at radius 2 is 2.04 bits per heavy atom. The molecule has 3 rings (SSSR count). The van der Waals surface area contributed by atoms with E-state index in [0.717, 1.165) is 42.8 Å². The summed E-state index contributed by atoms with van der Waals surface area (Å²) < 4.78 is 0. The molecule has 6 heteroatoms. The van der Waals surface area contributed by atoms with E-state index < -0.39 is 5.60 Å². The number of hydrogen-bond acceptors (Lipinski definition) is 4. The van der Waals surface area contributed by atoms with Crippen LogP contribution < -0.4 is 16.0 Å². The molecule has 26 heavy (non-hydrogen) atoms. The Bertz CT molecular complexity index is 715. The quantitative estimate of drug-likeness (QED) is 0.640. The molecule has 1 saturated heterocycles. The minimum absolute atomic E-state index is 0.238. The molecule has 1 fully saturated rings. The van der Waals surface area contributed by atoms with Crippen molar-refractivity contribution in [2.45, 2.75) is 31.3 Å². The van der Waals surface area contributed by atoms with Crippen LogP contribution in [-0.4, -0.2) is 41.4 Å². The smallest absolute Gasteiger partial charge is 0.319 e. The number of aliphatic hydroxyl groups is 1. The molecule has 0 aliphatic carbocycles. The van der Waals surface area contributed by atoms with E-state index >= 15 is 0 Å². The molecule has 2 aromatic rings. The fourth-order valence-corrected chi connectivity index (χ4v) is 3.18. The van der Waals surface area contributed by atoms with Crippen molar-refractivity contribution in [3.05, 3.63) is 59.9 Å². The highest BCUT2D eigenvalue weighted by Gasteiger charge is 2.29. The Kier molecular flexibility index (Phi) is 6.20. The number of pyridine rings is 1. The average Bonchev–Trinajstić information content (AvgIpc) is 2.67. The van der Waals surface area contributed by atoms with Crippen LogP contribution in [0.4, 0.5) is 10.5 Å². The molecule has 1 aromatic carbocycles. The molecule has 2 heterocycles. The van der Waals surface area contributed by atoms with Gasteiger partial charge in [0.05, 0.1) is 5.60 Å². The molecule has 4 N–H and O–H groups in total. The summed E-state index contributed by atoms with van der Waals surface area (Å²) in [6, 6.07) is 13.4. The second kappa shape index (κ2) is 8.78. The number of aromatic nitrogens is 1. The number of anilines is 1. The molecular formula is C20H26N4O2. The SMILES string of the molecule is O=C(NC[C@@]1(O)CCCNC1)Nc1ccccc1CCc1ccccn1. The van der Waals surface area contributed by atoms with E-state index in [1.54, 1.807) is 6.20 Å². The van der Waals surface area contributed by atoms with E-state index in [1.165, 1.54) is 0 Å². The largest absolute Gasteiger partial charge is 0.387 e. The number of carbonyl (C=O) groups excluding carboxylic acids is 1. The summed E-state index contributed by atoms with van der Waals surface area (Å²) in [6.45, 7) is 1.66. The third kappa shape index (κ3) is 5.28. The van der Waals surface area contributed by atoms with Gasteiger partial charge < -0.3 is 21.1 Å². The van der Waals surface area contributed by atoms with Gasteiger partial charge in [0.1, 0.15) is 0 Å². The molecule has 6 nitrogen and oxygen atoms in total. The van der Waals surface area contributed by atoms with Crippen LogP contribution in [0.15, 0.2) is 48.7 Å². The summed E-state index contributed by atoms with van der Waals surface area (Å²) in [4.78, 5) is 16.6. The van der Waals surface area contributed by atoms with Gasteiger partial charge in [-0.25, -0.2) is 4.79 Å². The Hall–Kier alpha value is -2.44. The van der Waals surface area contributed by atoms with Crippen LogP contribution in [0.5, 0.6) is 0 Å². The Morgan fingerprint density at radius 1 is 1.19 bits per heavy atom. The summed E-state index contributed by atoms with van der Waals surface area (Å²) in [7, 11) is 0. The molecule has 0 unspecified atom stereocenters. The number of aryl methyl sites for hydroxylation is 2. The zero-order valence-electron chi connectivity index (χ0n) is 14.9. The highest BCUT2D eigenvalue weighted by molar-refractivity contribution is 5.90. The number of β-amino-alcohol motifs (C(OH)–C–C–N with tert-alkyl or cyclic N) is 1. The van der Waals surface area contributed by atoms with E-state index in [2.05, 4.69) is 20.9 Å². The predicted molar refractivity (Wildman–Crippen MR) is 102 cm³/mol. The lowest BCUT2D eigenvalue weighted by molar-refractivity contribution is 0.0198. The first-order chi connectivity index (χ1) is 12.6. The fraction of sp³-hybridized carbons (Fsp3) is 0.400. The number of hydrogen-bond donors (Lipinski definition) is 4. The minimum atomic E-state index is -0.867. The lowest BCUT2D eigenvalue weighted by Gasteiger charge is -2.32. The van der Waals surface area contributed by atoms with Crippen molar-refractivity contribution < 1.29 is 9.90 Å². The number of nitrogens with zero attached hydrogens (tertiary/aromatic N) is 1. The molecule has 0 bridgehead atoms. The summed E-state index contributed by atoms with van der Waals surface area (Å²) in [5, 5.41) is 19.3. The topological polar surface area (TPSA) is 86.3 Å². The van der Waals surface area contributed by atoms with E-state index in [0.29, 0.717) is 13.0 Å². The van der Waals surface area contributed by atoms with Crippen molar-refractivity contribution in [2.24, 2.45) is 0 Å². The summed E-state index contributed by atoms with van der Waals surface area (Å²) >= 11 is 0. The number of benzene rings is 1. The first kappa shape index (κ1) is 18.4. The van der Waals surface area contributed by atoms with Crippen molar-refractivity contribution in [1.82, 2.24) is 15.6 Å². The van der Waals surface area contributed by atoms with Gasteiger partial charge in [-0.1, -0.05) is 24.3 Å². The van der Waals surface area contributed by atoms with Crippen molar-refractivity contribution in [1.29, 1.82) is 0 Å². The van der Waals surface area contributed by atoms with Gasteiger partial charge in [-0.15, -0.1) is 0 Å². The molecule has 1 aliphatic heterocycles. The molecule has 1 aromatic heterocycles. The Balaban J connectivity index is 1.54. The molecule has 0 radical (unpaired) electrons. The molecule has 138 valence electrons. The molecule has 0 spiro atoms. The van der Waals surface area contributed by atoms with E-state index in [4.69, 9.17) is 0 Å². The normalized spacial score (nSPS) is 19.7. The monoisotopic (exact) mass is 354 g/mol. The number of nitrogens with one attached hydrogen (secondary N) is 3. The van der Waals surface area contributed by atoms with Crippen LogP contribution >= 0.6 is 0 Å². The lowest BCUT2D eigenvalue weighted by Crippen LogP contribution is -2.53. The number of rotatable bonds is 6. The van der Waals surface area contributed by atoms with E-state index in [1.807, 2.05) is 42.5 Å². The van der Waals surface area contributed by atoms with Gasteiger partial charge in [-0.3, -0.25) is 4.98 Å². The first-order valence-electron chi connectivity index (χ1n) is 9.10. The highest BCUT2D eigenvalue weighted by Crippen LogP contribution is 2.18. The fourth-order valence-electron chi connectivity index (χ4n) is 3.18. The third-order valence-corrected chi connectivity index (χ3v) is 4.67. The number of amides is 2. The first-order valence-corrected chi connectivity index (χ1v) is 9.10. The van der Waals surface area contributed by atoms with Crippen LogP contribution in [0, 0.1) is 0 Å². The maximum atomic E-state index is 12.3. The van der Waals surface area contributed by atoms with Crippen molar-refractivity contribution in [2.75, 3.05) is 25.0 Å². The van der Waals surface area contributed by atoms with Gasteiger partial charge in [-0.05, 0) is 56.0 Å². The second-order valence-corrected chi connectivity index (χ2v) is 6.79. The van der Waals surface area contributed by atoms with Crippen LogP contribution in [0.25, 0.3) is 0 Å². The van der Waals surface area contributed by atoms with E-state index in [9.17, 15) is 9.90 Å². The maximum absolute atomic E-state index is 12.3. The van der Waals surface area contributed by atoms with Gasteiger partial charge in [0, 0.05) is 30.7 Å². The number of carbonyl (C=O) groups is 1. The van der Waals surface area contributed by atoms with Gasteiger partial charge in [0.15, 0.2) is 0 Å². The number of piperidine rings is 1. The third-order valence-electron chi connectivity index (χ3n) is 4.67. The number of para-hydroxylation sites is 1. The molecule has 2 amide bonds. The second-order valence-electron chi connectivity index (χ2n) is 6.79. The number of urea groups is 1. The summed E-state index contributed by atoms with van der Waals surface area (Å²) in [6.07, 6.45) is 5.00. The van der Waals surface area contributed by atoms with Gasteiger partial charge >= 0.3 is 6.03 Å².